The summed E-state index contributed by atoms with van der Waals surface area (Å²) in [6, 6.07) is 24.1. The fourth-order valence-corrected chi connectivity index (χ4v) is 5.74. The Bertz CT molecular complexity index is 1650. The summed E-state index contributed by atoms with van der Waals surface area (Å²) in [7, 11) is 3.70. The molecule has 1 saturated heterocycles. The molecule has 0 aliphatic carbocycles. The van der Waals surface area contributed by atoms with Crippen LogP contribution in [0, 0.1) is 6.92 Å². The van der Waals surface area contributed by atoms with Crippen molar-refractivity contribution in [3.8, 4) is 16.9 Å². The summed E-state index contributed by atoms with van der Waals surface area (Å²) in [6.07, 6.45) is 3.84. The highest BCUT2D eigenvalue weighted by Gasteiger charge is 2.35. The third-order valence-electron chi connectivity index (χ3n) is 7.89. The summed E-state index contributed by atoms with van der Waals surface area (Å²) in [4.78, 5) is 20.6. The molecule has 0 bridgehead atoms. The molecular formula is C32H35N7O2. The second-order valence-corrected chi connectivity index (χ2v) is 10.6. The van der Waals surface area contributed by atoms with Crippen molar-refractivity contribution in [1.29, 1.82) is 0 Å². The van der Waals surface area contributed by atoms with E-state index in [0.29, 0.717) is 12.4 Å². The molecule has 0 saturated carbocycles. The number of ether oxygens (including phenoxy) is 1. The lowest BCUT2D eigenvalue weighted by molar-refractivity contribution is 0.159. The van der Waals surface area contributed by atoms with Gasteiger partial charge in [0.15, 0.2) is 0 Å². The standard InChI is InChI=1S/C32H35N7O2/c1-22-29(25-18-24-14-15-37(2)31(24)33-19-25)36-39(26-12-8-5-9-13-26)30(22)35-32(40)34-28-21-38(16-17-41-3)20-27(28)23-10-6-4-7-11-23/h4-15,18-19,27-28H,16-17,20-21H2,1-3H3,(H2,34,35,40)/t27-,28+/m0/s1. The van der Waals surface area contributed by atoms with Crippen LogP contribution in [0.15, 0.2) is 85.2 Å². The molecule has 9 nitrogen and oxygen atoms in total. The van der Waals surface area contributed by atoms with E-state index in [1.807, 2.05) is 73.4 Å². The predicted molar refractivity (Wildman–Crippen MR) is 161 cm³/mol. The number of carbonyl (C=O) groups is 1. The van der Waals surface area contributed by atoms with Gasteiger partial charge in [0, 0.05) is 68.6 Å². The van der Waals surface area contributed by atoms with E-state index >= 15 is 0 Å². The number of pyridine rings is 1. The molecular weight excluding hydrogens is 514 g/mol. The number of carbonyl (C=O) groups excluding carboxylic acids is 1. The van der Waals surface area contributed by atoms with Crippen molar-refractivity contribution in [2.24, 2.45) is 7.05 Å². The minimum atomic E-state index is -0.257. The molecule has 2 aromatic carbocycles. The Morgan fingerprint density at radius 3 is 2.56 bits per heavy atom. The van der Waals surface area contributed by atoms with Gasteiger partial charge in [-0.3, -0.25) is 10.2 Å². The first kappa shape index (κ1) is 26.7. The van der Waals surface area contributed by atoms with E-state index < -0.39 is 0 Å². The quantitative estimate of drug-likeness (QED) is 0.285. The summed E-state index contributed by atoms with van der Waals surface area (Å²) in [5.41, 5.74) is 5.53. The second kappa shape index (κ2) is 11.6. The first-order valence-electron chi connectivity index (χ1n) is 13.9. The van der Waals surface area contributed by atoms with Crippen LogP contribution in [0.4, 0.5) is 10.6 Å². The molecule has 41 heavy (non-hydrogen) atoms. The number of nitrogens with one attached hydrogen (secondary N) is 2. The fraction of sp³-hybridized carbons (Fsp3) is 0.281. The van der Waals surface area contributed by atoms with Gasteiger partial charge >= 0.3 is 6.03 Å². The molecule has 4 heterocycles. The molecule has 2 amide bonds. The van der Waals surface area contributed by atoms with Crippen molar-refractivity contribution >= 4 is 22.9 Å². The number of anilines is 1. The Balaban J connectivity index is 1.30. The van der Waals surface area contributed by atoms with Crippen molar-refractivity contribution in [2.75, 3.05) is 38.7 Å². The normalized spacial score (nSPS) is 17.2. The van der Waals surface area contributed by atoms with Gasteiger partial charge in [-0.1, -0.05) is 48.5 Å². The minimum absolute atomic E-state index is 0.0492. The number of urea groups is 1. The zero-order chi connectivity index (χ0) is 28.3. The van der Waals surface area contributed by atoms with E-state index in [1.54, 1.807) is 11.8 Å². The maximum absolute atomic E-state index is 13.6. The van der Waals surface area contributed by atoms with Gasteiger partial charge in [0.25, 0.3) is 0 Å². The molecule has 0 radical (unpaired) electrons. The van der Waals surface area contributed by atoms with Crippen molar-refractivity contribution in [2.45, 2.75) is 18.9 Å². The second-order valence-electron chi connectivity index (χ2n) is 10.6. The number of methoxy groups -OCH3 is 1. The average molecular weight is 550 g/mol. The molecule has 2 atom stereocenters. The Hall–Kier alpha value is -4.47. The molecule has 1 fully saturated rings. The minimum Gasteiger partial charge on any atom is -0.383 e. The monoisotopic (exact) mass is 549 g/mol. The predicted octanol–water partition coefficient (Wildman–Crippen LogP) is 4.97. The van der Waals surface area contributed by atoms with Gasteiger partial charge in [0.05, 0.1) is 24.0 Å². The van der Waals surface area contributed by atoms with E-state index in [2.05, 4.69) is 50.8 Å². The highest BCUT2D eigenvalue weighted by molar-refractivity contribution is 5.91. The van der Waals surface area contributed by atoms with Crippen LogP contribution >= 0.6 is 0 Å². The number of fused-ring (bicyclic) bond motifs is 1. The zero-order valence-electron chi connectivity index (χ0n) is 23.6. The van der Waals surface area contributed by atoms with Gasteiger partial charge in [-0.05, 0) is 36.8 Å². The number of aryl methyl sites for hydroxylation is 1. The molecule has 5 aromatic rings. The smallest absolute Gasteiger partial charge is 0.320 e. The van der Waals surface area contributed by atoms with E-state index in [1.165, 1.54) is 5.56 Å². The number of aromatic nitrogens is 4. The highest BCUT2D eigenvalue weighted by atomic mass is 16.5. The van der Waals surface area contributed by atoms with Crippen LogP contribution in [0.25, 0.3) is 28.0 Å². The number of hydrogen-bond acceptors (Lipinski definition) is 5. The van der Waals surface area contributed by atoms with Gasteiger partial charge in [-0.2, -0.15) is 5.10 Å². The van der Waals surface area contributed by atoms with Crippen LogP contribution in [-0.2, 0) is 11.8 Å². The van der Waals surface area contributed by atoms with E-state index in [-0.39, 0.29) is 18.0 Å². The largest absolute Gasteiger partial charge is 0.383 e. The molecule has 2 N–H and O–H groups in total. The SMILES string of the molecule is COCCN1C[C@@H](NC(=O)Nc2c(C)c(-c3cnc4c(ccn4C)c3)nn2-c2ccccc2)[C@H](c2ccccc2)C1. The van der Waals surface area contributed by atoms with Crippen molar-refractivity contribution in [3.05, 3.63) is 96.3 Å². The third kappa shape index (κ3) is 5.46. The van der Waals surface area contributed by atoms with Crippen molar-refractivity contribution in [1.82, 2.24) is 29.5 Å². The van der Waals surface area contributed by atoms with Gasteiger partial charge < -0.3 is 14.6 Å². The maximum atomic E-state index is 13.6. The van der Waals surface area contributed by atoms with Crippen LogP contribution in [0.2, 0.25) is 0 Å². The van der Waals surface area contributed by atoms with Gasteiger partial charge in [-0.15, -0.1) is 0 Å². The summed E-state index contributed by atoms with van der Waals surface area (Å²) >= 11 is 0. The summed E-state index contributed by atoms with van der Waals surface area (Å²) in [6.45, 7) is 5.08. The number of amides is 2. The Kier molecular flexibility index (Phi) is 7.54. The maximum Gasteiger partial charge on any atom is 0.320 e. The number of likely N-dealkylation sites (tertiary alicyclic amines) is 1. The number of para-hydroxylation sites is 1. The lowest BCUT2D eigenvalue weighted by atomic mass is 9.94. The summed E-state index contributed by atoms with van der Waals surface area (Å²) < 4.78 is 9.11. The molecule has 9 heteroatoms. The number of benzene rings is 2. The van der Waals surface area contributed by atoms with Gasteiger partial charge in [-0.25, -0.2) is 14.5 Å². The van der Waals surface area contributed by atoms with Crippen LogP contribution < -0.4 is 10.6 Å². The lowest BCUT2D eigenvalue weighted by Crippen LogP contribution is -2.42. The number of rotatable bonds is 8. The summed E-state index contributed by atoms with van der Waals surface area (Å²) in [5, 5.41) is 12.4. The third-order valence-corrected chi connectivity index (χ3v) is 7.89. The van der Waals surface area contributed by atoms with E-state index in [0.717, 1.165) is 53.2 Å². The molecule has 1 aliphatic rings. The fourth-order valence-electron chi connectivity index (χ4n) is 5.74. The number of hydrogen-bond donors (Lipinski definition) is 2. The van der Waals surface area contributed by atoms with Crippen LogP contribution in [0.3, 0.4) is 0 Å². The first-order valence-corrected chi connectivity index (χ1v) is 13.9. The van der Waals surface area contributed by atoms with Crippen molar-refractivity contribution in [3.63, 3.8) is 0 Å². The molecule has 6 rings (SSSR count). The summed E-state index contributed by atoms with van der Waals surface area (Å²) in [5.74, 6) is 0.806. The molecule has 1 aliphatic heterocycles. The molecule has 0 spiro atoms. The van der Waals surface area contributed by atoms with Crippen LogP contribution in [0.5, 0.6) is 0 Å². The first-order chi connectivity index (χ1) is 20.0. The average Bonchev–Trinajstić information content (AvgIpc) is 3.68. The zero-order valence-corrected chi connectivity index (χ0v) is 23.6. The van der Waals surface area contributed by atoms with Gasteiger partial charge in [0.2, 0.25) is 0 Å². The van der Waals surface area contributed by atoms with E-state index in [9.17, 15) is 4.79 Å². The van der Waals surface area contributed by atoms with Gasteiger partial charge in [0.1, 0.15) is 11.5 Å². The molecule has 3 aromatic heterocycles. The van der Waals surface area contributed by atoms with E-state index in [4.69, 9.17) is 9.84 Å². The number of nitrogens with zero attached hydrogens (tertiary/aromatic N) is 5. The van der Waals surface area contributed by atoms with Crippen LogP contribution in [0.1, 0.15) is 17.0 Å². The van der Waals surface area contributed by atoms with Crippen molar-refractivity contribution < 1.29 is 9.53 Å². The highest BCUT2D eigenvalue weighted by Crippen LogP contribution is 2.32. The topological polar surface area (TPSA) is 89.2 Å². The molecule has 0 unspecified atom stereocenters. The Labute approximate surface area is 239 Å². The Morgan fingerprint density at radius 1 is 1.05 bits per heavy atom. The van der Waals surface area contributed by atoms with Crippen LogP contribution in [-0.4, -0.2) is 69.7 Å². The molecule has 210 valence electrons. The Morgan fingerprint density at radius 2 is 1.80 bits per heavy atom. The lowest BCUT2D eigenvalue weighted by Gasteiger charge is -2.21.